The first-order chi connectivity index (χ1) is 13.3. The van der Waals surface area contributed by atoms with E-state index in [4.69, 9.17) is 0 Å². The number of halogens is 3. The number of benzene rings is 1. The molecular weight excluding hydrogens is 375 g/mol. The molecule has 0 aliphatic carbocycles. The molecule has 4 heterocycles. The molecule has 0 atom stereocenters. The Morgan fingerprint density at radius 1 is 1.25 bits per heavy atom. The van der Waals surface area contributed by atoms with Crippen LogP contribution in [0.1, 0.15) is 11.1 Å². The third-order valence-electron chi connectivity index (χ3n) is 4.84. The zero-order valence-electron chi connectivity index (χ0n) is 14.6. The molecule has 28 heavy (non-hydrogen) atoms. The Labute approximate surface area is 153 Å². The number of aryl methyl sites for hydroxylation is 2. The first-order valence-electron chi connectivity index (χ1n) is 8.23. The minimum absolute atomic E-state index is 0.0464. The molecule has 5 rings (SSSR count). The van der Waals surface area contributed by atoms with Crippen molar-refractivity contribution < 1.29 is 13.2 Å². The number of H-pyrrole nitrogens is 3. The molecule has 3 N–H and O–H groups in total. The number of alkyl halides is 3. The lowest BCUT2D eigenvalue weighted by atomic mass is 9.95. The molecule has 0 aliphatic rings. The predicted octanol–water partition coefficient (Wildman–Crippen LogP) is 3.01. The van der Waals surface area contributed by atoms with Crippen LogP contribution < -0.4 is 5.56 Å². The zero-order valence-corrected chi connectivity index (χ0v) is 14.6. The molecule has 5 aromatic rings. The lowest BCUT2D eigenvalue weighted by molar-refractivity contribution is -0.137. The Balaban J connectivity index is 2.01. The lowest BCUT2D eigenvalue weighted by Crippen LogP contribution is -2.10. The van der Waals surface area contributed by atoms with Crippen molar-refractivity contribution in [1.82, 2.24) is 34.9 Å². The highest BCUT2D eigenvalue weighted by atomic mass is 19.4. The molecular formula is C17H12F3N7O. The number of hydrogen-bond acceptors (Lipinski definition) is 4. The minimum Gasteiger partial charge on any atom is -0.336 e. The largest absolute Gasteiger partial charge is 0.417 e. The SMILES string of the molecule is Cc1cc2[nH]ncc2c(-c2nn(C)c3c2[nH]c2nc[nH]c(=O)c23)c1C(F)(F)F. The van der Waals surface area contributed by atoms with Crippen LogP contribution in [0.15, 0.2) is 23.4 Å². The average molecular weight is 387 g/mol. The molecule has 4 aromatic heterocycles. The van der Waals surface area contributed by atoms with Crippen LogP contribution in [-0.4, -0.2) is 34.9 Å². The molecule has 0 saturated heterocycles. The van der Waals surface area contributed by atoms with E-state index < -0.39 is 17.3 Å². The third kappa shape index (κ3) is 2.06. The molecule has 0 bridgehead atoms. The van der Waals surface area contributed by atoms with Crippen LogP contribution in [0.3, 0.4) is 0 Å². The van der Waals surface area contributed by atoms with Crippen molar-refractivity contribution in [3.05, 3.63) is 40.1 Å². The van der Waals surface area contributed by atoms with E-state index in [1.807, 2.05) is 0 Å². The molecule has 142 valence electrons. The van der Waals surface area contributed by atoms with Gasteiger partial charge in [0.15, 0.2) is 0 Å². The van der Waals surface area contributed by atoms with Crippen LogP contribution in [0.5, 0.6) is 0 Å². The summed E-state index contributed by atoms with van der Waals surface area (Å²) in [7, 11) is 1.57. The summed E-state index contributed by atoms with van der Waals surface area (Å²) in [6.45, 7) is 1.39. The fraction of sp³-hybridized carbons (Fsp3) is 0.176. The van der Waals surface area contributed by atoms with E-state index in [2.05, 4.69) is 30.2 Å². The van der Waals surface area contributed by atoms with Gasteiger partial charge in [0.05, 0.1) is 29.1 Å². The number of nitrogens with one attached hydrogen (secondary N) is 3. The summed E-state index contributed by atoms with van der Waals surface area (Å²) < 4.78 is 43.3. The van der Waals surface area contributed by atoms with Gasteiger partial charge in [-0.3, -0.25) is 14.6 Å². The number of aromatic nitrogens is 7. The molecule has 0 unspecified atom stereocenters. The molecule has 0 amide bonds. The Kier molecular flexibility index (Phi) is 3.08. The average Bonchev–Trinajstić information content (AvgIpc) is 3.28. The Morgan fingerprint density at radius 2 is 2.04 bits per heavy atom. The number of fused-ring (bicyclic) bond motifs is 4. The molecule has 0 fully saturated rings. The number of nitrogens with zero attached hydrogens (tertiary/aromatic N) is 4. The quantitative estimate of drug-likeness (QED) is 0.411. The van der Waals surface area contributed by atoms with Gasteiger partial charge in [0, 0.05) is 18.0 Å². The maximum atomic E-state index is 14.0. The van der Waals surface area contributed by atoms with Gasteiger partial charge in [-0.2, -0.15) is 23.4 Å². The second-order valence-electron chi connectivity index (χ2n) is 6.55. The van der Waals surface area contributed by atoms with Gasteiger partial charge in [-0.1, -0.05) is 0 Å². The molecule has 8 nitrogen and oxygen atoms in total. The maximum absolute atomic E-state index is 14.0. The van der Waals surface area contributed by atoms with Crippen molar-refractivity contribution in [3.8, 4) is 11.3 Å². The third-order valence-corrected chi connectivity index (χ3v) is 4.84. The topological polar surface area (TPSA) is 108 Å². The minimum atomic E-state index is -4.60. The molecule has 1 aromatic carbocycles. The molecule has 0 spiro atoms. The van der Waals surface area contributed by atoms with Gasteiger partial charge >= 0.3 is 6.18 Å². The number of aromatic amines is 3. The van der Waals surface area contributed by atoms with E-state index in [0.717, 1.165) is 0 Å². The highest BCUT2D eigenvalue weighted by Gasteiger charge is 2.38. The lowest BCUT2D eigenvalue weighted by Gasteiger charge is -2.15. The fourth-order valence-corrected chi connectivity index (χ4v) is 3.77. The van der Waals surface area contributed by atoms with Gasteiger partial charge in [-0.25, -0.2) is 4.98 Å². The van der Waals surface area contributed by atoms with Crippen LogP contribution in [0, 0.1) is 6.92 Å². The second-order valence-corrected chi connectivity index (χ2v) is 6.55. The van der Waals surface area contributed by atoms with E-state index in [1.54, 1.807) is 7.05 Å². The van der Waals surface area contributed by atoms with E-state index >= 15 is 0 Å². The highest BCUT2D eigenvalue weighted by molar-refractivity contribution is 6.11. The van der Waals surface area contributed by atoms with Crippen molar-refractivity contribution >= 4 is 33.0 Å². The van der Waals surface area contributed by atoms with Gasteiger partial charge in [-0.05, 0) is 18.6 Å². The first kappa shape index (κ1) is 16.5. The highest BCUT2D eigenvalue weighted by Crippen LogP contribution is 2.44. The Morgan fingerprint density at radius 3 is 2.79 bits per heavy atom. The first-order valence-corrected chi connectivity index (χ1v) is 8.23. The summed E-state index contributed by atoms with van der Waals surface area (Å²) in [5.41, 5.74) is 0.267. The molecule has 11 heteroatoms. The normalized spacial score (nSPS) is 12.6. The smallest absolute Gasteiger partial charge is 0.336 e. The van der Waals surface area contributed by atoms with Crippen LogP contribution in [-0.2, 0) is 13.2 Å². The van der Waals surface area contributed by atoms with Crippen LogP contribution in [0.4, 0.5) is 13.2 Å². The summed E-state index contributed by atoms with van der Waals surface area (Å²) >= 11 is 0. The van der Waals surface area contributed by atoms with Gasteiger partial charge in [0.1, 0.15) is 22.2 Å². The van der Waals surface area contributed by atoms with Crippen molar-refractivity contribution in [2.75, 3.05) is 0 Å². The molecule has 0 saturated carbocycles. The van der Waals surface area contributed by atoms with Gasteiger partial charge in [0.2, 0.25) is 0 Å². The van der Waals surface area contributed by atoms with E-state index in [-0.39, 0.29) is 27.9 Å². The van der Waals surface area contributed by atoms with Crippen LogP contribution in [0.2, 0.25) is 0 Å². The molecule has 0 aliphatic heterocycles. The van der Waals surface area contributed by atoms with Crippen molar-refractivity contribution in [3.63, 3.8) is 0 Å². The summed E-state index contributed by atoms with van der Waals surface area (Å²) in [6.07, 6.45) is -2.03. The van der Waals surface area contributed by atoms with E-state index in [1.165, 1.54) is 30.2 Å². The van der Waals surface area contributed by atoms with Gasteiger partial charge in [0.25, 0.3) is 5.56 Å². The van der Waals surface area contributed by atoms with Crippen molar-refractivity contribution in [2.45, 2.75) is 13.1 Å². The van der Waals surface area contributed by atoms with E-state index in [0.29, 0.717) is 21.9 Å². The second kappa shape index (κ2) is 5.21. The standard InChI is InChI=1S/C17H12F3N7O/c1-6-3-8-7(4-23-25-8)9(11(6)17(18,19)20)12-13-14(27(2)26-12)10-15(24-13)21-5-22-16(10)28/h3-5H,1-2H3,(H,23,25)(H2,21,22,24,28). The number of hydrogen-bond donors (Lipinski definition) is 3. The Hall–Kier alpha value is -3.63. The summed E-state index contributed by atoms with van der Waals surface area (Å²) in [5.74, 6) is 0. The predicted molar refractivity (Wildman–Crippen MR) is 95.8 cm³/mol. The van der Waals surface area contributed by atoms with E-state index in [9.17, 15) is 18.0 Å². The summed E-state index contributed by atoms with van der Waals surface area (Å²) in [5, 5.41) is 11.5. The monoisotopic (exact) mass is 387 g/mol. The van der Waals surface area contributed by atoms with Gasteiger partial charge in [-0.15, -0.1) is 0 Å². The van der Waals surface area contributed by atoms with Gasteiger partial charge < -0.3 is 9.97 Å². The van der Waals surface area contributed by atoms with Crippen LogP contribution in [0.25, 0.3) is 44.2 Å². The summed E-state index contributed by atoms with van der Waals surface area (Å²) in [6, 6.07) is 1.41. The van der Waals surface area contributed by atoms with Crippen molar-refractivity contribution in [1.29, 1.82) is 0 Å². The summed E-state index contributed by atoms with van der Waals surface area (Å²) in [4.78, 5) is 21.8. The number of rotatable bonds is 1. The zero-order chi connectivity index (χ0) is 19.8. The maximum Gasteiger partial charge on any atom is 0.417 e. The Bertz CT molecular complexity index is 1450. The van der Waals surface area contributed by atoms with Crippen LogP contribution >= 0.6 is 0 Å². The molecule has 0 radical (unpaired) electrons. The fourth-order valence-electron chi connectivity index (χ4n) is 3.77. The van der Waals surface area contributed by atoms with Crippen molar-refractivity contribution in [2.24, 2.45) is 7.05 Å².